The highest BCUT2D eigenvalue weighted by Crippen LogP contribution is 2.21. The number of hydrogen-bond acceptors (Lipinski definition) is 4. The van der Waals surface area contributed by atoms with Crippen LogP contribution in [0.25, 0.3) is 0 Å². The molecule has 0 saturated carbocycles. The van der Waals surface area contributed by atoms with Crippen LogP contribution in [0.5, 0.6) is 0 Å². The molecule has 0 aromatic carbocycles. The molecule has 0 spiro atoms. The molecule has 1 atom stereocenters. The van der Waals surface area contributed by atoms with Gasteiger partial charge in [-0.2, -0.15) is 16.9 Å². The summed E-state index contributed by atoms with van der Waals surface area (Å²) in [6, 6.07) is 0.0486. The van der Waals surface area contributed by atoms with Crippen LogP contribution in [0.1, 0.15) is 24.2 Å². The number of thioether (sulfide) groups is 1. The molecule has 0 bridgehead atoms. The lowest BCUT2D eigenvalue weighted by Gasteiger charge is -2.22. The van der Waals surface area contributed by atoms with Gasteiger partial charge in [0.05, 0.1) is 11.4 Å². The van der Waals surface area contributed by atoms with E-state index in [1.54, 1.807) is 25.6 Å². The summed E-state index contributed by atoms with van der Waals surface area (Å²) >= 11 is 1.80. The average Bonchev–Trinajstić information content (AvgIpc) is 2.59. The molecule has 17 heavy (non-hydrogen) atoms. The van der Waals surface area contributed by atoms with E-state index in [-0.39, 0.29) is 6.04 Å². The SMILES string of the molecule is Cc1n[nH]c(C)c1S(=O)(=O)NC1CCCSC1. The summed E-state index contributed by atoms with van der Waals surface area (Å²) in [4.78, 5) is 0.299. The third-order valence-corrected chi connectivity index (χ3v) is 5.81. The minimum absolute atomic E-state index is 0.0486. The Kier molecular flexibility index (Phi) is 3.79. The first-order valence-corrected chi connectivity index (χ1v) is 8.26. The molecule has 96 valence electrons. The summed E-state index contributed by atoms with van der Waals surface area (Å²) < 4.78 is 27.2. The molecular formula is C10H17N3O2S2. The van der Waals surface area contributed by atoms with Crippen molar-refractivity contribution < 1.29 is 8.42 Å². The molecule has 1 aromatic heterocycles. The van der Waals surface area contributed by atoms with Crippen LogP contribution in [0, 0.1) is 13.8 Å². The maximum Gasteiger partial charge on any atom is 0.244 e. The number of aromatic nitrogens is 2. The highest BCUT2D eigenvalue weighted by molar-refractivity contribution is 7.99. The normalized spacial score (nSPS) is 21.6. The average molecular weight is 275 g/mol. The van der Waals surface area contributed by atoms with Gasteiger partial charge in [0.25, 0.3) is 0 Å². The molecule has 1 aromatic rings. The van der Waals surface area contributed by atoms with Crippen LogP contribution < -0.4 is 4.72 Å². The first kappa shape index (κ1) is 12.9. The molecule has 1 unspecified atom stereocenters. The van der Waals surface area contributed by atoms with Crippen LogP contribution in [-0.2, 0) is 10.0 Å². The van der Waals surface area contributed by atoms with Crippen LogP contribution in [0.4, 0.5) is 0 Å². The first-order chi connectivity index (χ1) is 8.00. The van der Waals surface area contributed by atoms with E-state index >= 15 is 0 Å². The molecule has 1 aliphatic heterocycles. The summed E-state index contributed by atoms with van der Waals surface area (Å²) in [5.41, 5.74) is 1.12. The zero-order valence-electron chi connectivity index (χ0n) is 9.99. The third kappa shape index (κ3) is 2.83. The number of H-pyrrole nitrogens is 1. The number of rotatable bonds is 3. The molecule has 2 N–H and O–H groups in total. The van der Waals surface area contributed by atoms with Gasteiger partial charge in [-0.05, 0) is 32.4 Å². The largest absolute Gasteiger partial charge is 0.281 e. The number of nitrogens with zero attached hydrogens (tertiary/aromatic N) is 1. The highest BCUT2D eigenvalue weighted by atomic mass is 32.2. The predicted molar refractivity (Wildman–Crippen MR) is 68.7 cm³/mol. The summed E-state index contributed by atoms with van der Waals surface area (Å²) in [6.45, 7) is 3.43. The number of aromatic amines is 1. The maximum atomic E-state index is 12.2. The molecule has 7 heteroatoms. The fourth-order valence-electron chi connectivity index (χ4n) is 2.05. The summed E-state index contributed by atoms with van der Waals surface area (Å²) in [7, 11) is -3.44. The van der Waals surface area contributed by atoms with Gasteiger partial charge in [0.1, 0.15) is 4.90 Å². The van der Waals surface area contributed by atoms with E-state index in [4.69, 9.17) is 0 Å². The topological polar surface area (TPSA) is 74.8 Å². The number of nitrogens with one attached hydrogen (secondary N) is 2. The Hall–Kier alpha value is -0.530. The predicted octanol–water partition coefficient (Wildman–Crippen LogP) is 1.20. The molecule has 1 fully saturated rings. The molecule has 2 rings (SSSR count). The van der Waals surface area contributed by atoms with Gasteiger partial charge < -0.3 is 0 Å². The van der Waals surface area contributed by atoms with Crippen molar-refractivity contribution in [3.8, 4) is 0 Å². The Bertz CT molecular complexity index is 470. The summed E-state index contributed by atoms with van der Waals surface area (Å²) in [6.07, 6.45) is 1.99. The molecule has 0 aliphatic carbocycles. The van der Waals surface area contributed by atoms with Crippen LogP contribution in [0.2, 0.25) is 0 Å². The van der Waals surface area contributed by atoms with Gasteiger partial charge in [0.15, 0.2) is 0 Å². The van der Waals surface area contributed by atoms with E-state index in [0.717, 1.165) is 24.3 Å². The van der Waals surface area contributed by atoms with E-state index in [2.05, 4.69) is 14.9 Å². The van der Waals surface area contributed by atoms with E-state index in [9.17, 15) is 8.42 Å². The van der Waals surface area contributed by atoms with E-state index < -0.39 is 10.0 Å². The lowest BCUT2D eigenvalue weighted by molar-refractivity contribution is 0.542. The standard InChI is InChI=1S/C10H17N3O2S2/c1-7-10(8(2)12-11-7)17(14,15)13-9-4-3-5-16-6-9/h9,13H,3-6H2,1-2H3,(H,11,12). The number of sulfonamides is 1. The van der Waals surface area contributed by atoms with Crippen LogP contribution in [-0.4, -0.2) is 36.2 Å². The van der Waals surface area contributed by atoms with Crippen molar-refractivity contribution in [1.82, 2.24) is 14.9 Å². The van der Waals surface area contributed by atoms with Crippen LogP contribution in [0.3, 0.4) is 0 Å². The van der Waals surface area contributed by atoms with Crippen LogP contribution >= 0.6 is 11.8 Å². The van der Waals surface area contributed by atoms with Crippen molar-refractivity contribution in [1.29, 1.82) is 0 Å². The van der Waals surface area contributed by atoms with E-state index in [1.807, 2.05) is 0 Å². The second kappa shape index (κ2) is 4.99. The highest BCUT2D eigenvalue weighted by Gasteiger charge is 2.26. The van der Waals surface area contributed by atoms with Crippen molar-refractivity contribution in [3.05, 3.63) is 11.4 Å². The van der Waals surface area contributed by atoms with Crippen molar-refractivity contribution >= 4 is 21.8 Å². The fraction of sp³-hybridized carbons (Fsp3) is 0.700. The lowest BCUT2D eigenvalue weighted by atomic mass is 10.2. The Morgan fingerprint density at radius 1 is 1.47 bits per heavy atom. The van der Waals surface area contributed by atoms with Gasteiger partial charge in [-0.15, -0.1) is 0 Å². The minimum atomic E-state index is -3.44. The summed E-state index contributed by atoms with van der Waals surface area (Å²) in [5.74, 6) is 1.98. The van der Waals surface area contributed by atoms with E-state index in [1.165, 1.54) is 0 Å². The monoisotopic (exact) mass is 275 g/mol. The quantitative estimate of drug-likeness (QED) is 0.869. The molecule has 0 amide bonds. The molecule has 1 saturated heterocycles. The van der Waals surface area contributed by atoms with Crippen LogP contribution in [0.15, 0.2) is 4.90 Å². The van der Waals surface area contributed by atoms with Crippen molar-refractivity contribution in [3.63, 3.8) is 0 Å². The van der Waals surface area contributed by atoms with Crippen molar-refractivity contribution in [2.24, 2.45) is 0 Å². The molecule has 5 nitrogen and oxygen atoms in total. The Balaban J connectivity index is 2.19. The van der Waals surface area contributed by atoms with E-state index in [0.29, 0.717) is 16.3 Å². The smallest absolute Gasteiger partial charge is 0.244 e. The number of hydrogen-bond donors (Lipinski definition) is 2. The van der Waals surface area contributed by atoms with Crippen molar-refractivity contribution in [2.75, 3.05) is 11.5 Å². The summed E-state index contributed by atoms with van der Waals surface area (Å²) in [5, 5.41) is 6.63. The molecular weight excluding hydrogens is 258 g/mol. The lowest BCUT2D eigenvalue weighted by Crippen LogP contribution is -2.38. The van der Waals surface area contributed by atoms with Gasteiger partial charge >= 0.3 is 0 Å². The van der Waals surface area contributed by atoms with Crippen molar-refractivity contribution in [2.45, 2.75) is 37.6 Å². The first-order valence-electron chi connectivity index (χ1n) is 5.62. The fourth-order valence-corrected chi connectivity index (χ4v) is 4.87. The zero-order chi connectivity index (χ0) is 12.5. The van der Waals surface area contributed by atoms with Gasteiger partial charge in [-0.3, -0.25) is 5.10 Å². The van der Waals surface area contributed by atoms with Gasteiger partial charge in [-0.1, -0.05) is 0 Å². The zero-order valence-corrected chi connectivity index (χ0v) is 11.6. The molecule has 0 radical (unpaired) electrons. The second-order valence-electron chi connectivity index (χ2n) is 4.30. The van der Waals surface area contributed by atoms with Gasteiger partial charge in [0.2, 0.25) is 10.0 Å². The Labute approximate surface area is 106 Å². The van der Waals surface area contributed by atoms with Gasteiger partial charge in [0, 0.05) is 11.8 Å². The van der Waals surface area contributed by atoms with Gasteiger partial charge in [-0.25, -0.2) is 13.1 Å². The molecule has 1 aliphatic rings. The Morgan fingerprint density at radius 3 is 2.76 bits per heavy atom. The number of aryl methyl sites for hydroxylation is 2. The molecule has 2 heterocycles. The second-order valence-corrected chi connectivity index (χ2v) is 7.10. The third-order valence-electron chi connectivity index (χ3n) is 2.81. The minimum Gasteiger partial charge on any atom is -0.281 e. The Morgan fingerprint density at radius 2 is 2.24 bits per heavy atom. The maximum absolute atomic E-state index is 12.2.